The van der Waals surface area contributed by atoms with Crippen LogP contribution in [0.5, 0.6) is 0 Å². The number of alkyl halides is 3. The summed E-state index contributed by atoms with van der Waals surface area (Å²) in [6.07, 6.45) is -4.84. The molecule has 0 radical (unpaired) electrons. The predicted octanol–water partition coefficient (Wildman–Crippen LogP) is 2.65. The molecule has 0 saturated carbocycles. The maximum atomic E-state index is 12.1. The second kappa shape index (κ2) is 7.12. The smallest absolute Gasteiger partial charge is 0.312 e. The normalized spacial score (nSPS) is 16.5. The van der Waals surface area contributed by atoms with E-state index >= 15 is 0 Å². The van der Waals surface area contributed by atoms with Crippen molar-refractivity contribution in [1.29, 1.82) is 0 Å². The molecule has 2 unspecified atom stereocenters. The molecule has 0 heterocycles. The van der Waals surface area contributed by atoms with E-state index in [-0.39, 0.29) is 6.04 Å². The predicted molar refractivity (Wildman–Crippen MR) is 60.5 cm³/mol. The molecule has 0 aromatic carbocycles. The topological polar surface area (TPSA) is 15.3 Å². The van der Waals surface area contributed by atoms with Crippen LogP contribution in [0.4, 0.5) is 13.2 Å². The van der Waals surface area contributed by atoms with E-state index in [1.54, 1.807) is 6.92 Å². The maximum Gasteiger partial charge on any atom is 0.390 e. The lowest BCUT2D eigenvalue weighted by Crippen LogP contribution is -2.43. The first-order chi connectivity index (χ1) is 7.30. The Morgan fingerprint density at radius 2 is 1.62 bits per heavy atom. The highest BCUT2D eigenvalue weighted by molar-refractivity contribution is 4.72. The van der Waals surface area contributed by atoms with Gasteiger partial charge in [-0.05, 0) is 26.9 Å². The van der Waals surface area contributed by atoms with Crippen LogP contribution in [0, 0.1) is 0 Å². The lowest BCUT2D eigenvalue weighted by Gasteiger charge is -2.28. The van der Waals surface area contributed by atoms with Crippen molar-refractivity contribution in [3.63, 3.8) is 0 Å². The molecule has 0 saturated heterocycles. The van der Waals surface area contributed by atoms with Gasteiger partial charge in [0, 0.05) is 18.6 Å². The summed E-state index contributed by atoms with van der Waals surface area (Å²) in [5.74, 6) is 0. The van der Waals surface area contributed by atoms with Crippen molar-refractivity contribution in [2.45, 2.75) is 52.4 Å². The van der Waals surface area contributed by atoms with E-state index in [1.807, 2.05) is 6.92 Å². The monoisotopic (exact) mass is 240 g/mol. The van der Waals surface area contributed by atoms with Crippen LogP contribution in [0.15, 0.2) is 0 Å². The van der Waals surface area contributed by atoms with Gasteiger partial charge in [-0.15, -0.1) is 0 Å². The molecule has 16 heavy (non-hydrogen) atoms. The Morgan fingerprint density at radius 3 is 2.00 bits per heavy atom. The van der Waals surface area contributed by atoms with E-state index in [4.69, 9.17) is 0 Å². The van der Waals surface area contributed by atoms with Gasteiger partial charge in [0.05, 0.1) is 6.42 Å². The molecule has 0 aliphatic carbocycles. The van der Waals surface area contributed by atoms with Crippen molar-refractivity contribution in [1.82, 2.24) is 10.2 Å². The first kappa shape index (κ1) is 15.7. The molecule has 1 N–H and O–H groups in total. The molecular formula is C11H23F3N2. The summed E-state index contributed by atoms with van der Waals surface area (Å²) in [5.41, 5.74) is 0. The Kier molecular flexibility index (Phi) is 6.99. The fourth-order valence-electron chi connectivity index (χ4n) is 1.77. The summed E-state index contributed by atoms with van der Waals surface area (Å²) >= 11 is 0. The van der Waals surface area contributed by atoms with Gasteiger partial charge in [-0.3, -0.25) is 4.90 Å². The fourth-order valence-corrected chi connectivity index (χ4v) is 1.77. The third-order valence-corrected chi connectivity index (χ3v) is 2.74. The van der Waals surface area contributed by atoms with E-state index < -0.39 is 18.6 Å². The minimum Gasteiger partial charge on any atom is -0.312 e. The minimum atomic E-state index is -4.08. The van der Waals surface area contributed by atoms with Crippen molar-refractivity contribution < 1.29 is 13.2 Å². The van der Waals surface area contributed by atoms with Gasteiger partial charge < -0.3 is 5.32 Å². The highest BCUT2D eigenvalue weighted by atomic mass is 19.4. The number of halogens is 3. The van der Waals surface area contributed by atoms with Crippen LogP contribution in [-0.4, -0.2) is 42.8 Å². The quantitative estimate of drug-likeness (QED) is 0.736. The molecule has 0 aromatic heterocycles. The summed E-state index contributed by atoms with van der Waals surface area (Å²) < 4.78 is 36.2. The lowest BCUT2D eigenvalue weighted by atomic mass is 10.2. The first-order valence-electron chi connectivity index (χ1n) is 5.84. The second-order valence-corrected chi connectivity index (χ2v) is 4.20. The van der Waals surface area contributed by atoms with Gasteiger partial charge in [-0.2, -0.15) is 13.2 Å². The maximum absolute atomic E-state index is 12.1. The largest absolute Gasteiger partial charge is 0.390 e. The summed E-state index contributed by atoms with van der Waals surface area (Å²) in [4.78, 5) is 2.22. The Bertz CT molecular complexity index is 179. The molecule has 0 aliphatic rings. The van der Waals surface area contributed by atoms with Crippen molar-refractivity contribution in [3.05, 3.63) is 0 Å². The number of nitrogens with one attached hydrogen (secondary N) is 1. The Hall–Kier alpha value is -0.290. The average molecular weight is 240 g/mol. The Morgan fingerprint density at radius 1 is 1.12 bits per heavy atom. The minimum absolute atomic E-state index is 0.269. The molecule has 5 heteroatoms. The van der Waals surface area contributed by atoms with Crippen LogP contribution in [0.3, 0.4) is 0 Å². The van der Waals surface area contributed by atoms with Crippen molar-refractivity contribution in [3.8, 4) is 0 Å². The second-order valence-electron chi connectivity index (χ2n) is 4.20. The van der Waals surface area contributed by atoms with Crippen molar-refractivity contribution in [2.75, 3.05) is 19.6 Å². The molecule has 0 aromatic rings. The van der Waals surface area contributed by atoms with Gasteiger partial charge in [0.1, 0.15) is 0 Å². The van der Waals surface area contributed by atoms with E-state index in [9.17, 15) is 13.2 Å². The third kappa shape index (κ3) is 7.06. The van der Waals surface area contributed by atoms with Crippen LogP contribution in [0.25, 0.3) is 0 Å². The van der Waals surface area contributed by atoms with Gasteiger partial charge in [-0.25, -0.2) is 0 Å². The van der Waals surface area contributed by atoms with Gasteiger partial charge >= 0.3 is 6.18 Å². The number of nitrogens with zero attached hydrogens (tertiary/aromatic N) is 1. The summed E-state index contributed by atoms with van der Waals surface area (Å²) in [7, 11) is 0. The zero-order valence-corrected chi connectivity index (χ0v) is 10.6. The molecule has 0 amide bonds. The van der Waals surface area contributed by atoms with E-state index in [2.05, 4.69) is 24.1 Å². The van der Waals surface area contributed by atoms with Gasteiger partial charge in [0.15, 0.2) is 0 Å². The highest BCUT2D eigenvalue weighted by Gasteiger charge is 2.29. The third-order valence-electron chi connectivity index (χ3n) is 2.74. The number of hydrogen-bond acceptors (Lipinski definition) is 2. The van der Waals surface area contributed by atoms with Gasteiger partial charge in [0.25, 0.3) is 0 Å². The summed E-state index contributed by atoms with van der Waals surface area (Å²) in [6, 6.07) is -0.247. The molecule has 0 rings (SSSR count). The summed E-state index contributed by atoms with van der Waals surface area (Å²) in [6.45, 7) is 10.2. The molecule has 0 bridgehead atoms. The molecule has 98 valence electrons. The van der Waals surface area contributed by atoms with E-state index in [1.165, 1.54) is 0 Å². The van der Waals surface area contributed by atoms with Crippen molar-refractivity contribution >= 4 is 0 Å². The lowest BCUT2D eigenvalue weighted by molar-refractivity contribution is -0.139. The summed E-state index contributed by atoms with van der Waals surface area (Å²) in [5, 5.41) is 2.93. The van der Waals surface area contributed by atoms with Crippen LogP contribution >= 0.6 is 0 Å². The SMILES string of the molecule is CCN(CC)C(C)CNC(C)CC(F)(F)F. The standard InChI is InChI=1S/C11H23F3N2/c1-5-16(6-2)10(4)8-15-9(3)7-11(12,13)14/h9-10,15H,5-8H2,1-4H3. The van der Waals surface area contributed by atoms with E-state index in [0.717, 1.165) is 13.1 Å². The zero-order chi connectivity index (χ0) is 12.8. The zero-order valence-electron chi connectivity index (χ0n) is 10.6. The number of likely N-dealkylation sites (N-methyl/N-ethyl adjacent to an activating group) is 1. The first-order valence-corrected chi connectivity index (χ1v) is 5.84. The van der Waals surface area contributed by atoms with Crippen LogP contribution in [0.1, 0.15) is 34.1 Å². The average Bonchev–Trinajstić information content (AvgIpc) is 2.14. The fraction of sp³-hybridized carbons (Fsp3) is 1.00. The van der Waals surface area contributed by atoms with Gasteiger partial charge in [-0.1, -0.05) is 13.8 Å². The highest BCUT2D eigenvalue weighted by Crippen LogP contribution is 2.21. The molecule has 2 nitrogen and oxygen atoms in total. The van der Waals surface area contributed by atoms with Crippen LogP contribution in [0.2, 0.25) is 0 Å². The van der Waals surface area contributed by atoms with Crippen LogP contribution in [-0.2, 0) is 0 Å². The number of rotatable bonds is 7. The van der Waals surface area contributed by atoms with Crippen molar-refractivity contribution in [2.24, 2.45) is 0 Å². The van der Waals surface area contributed by atoms with E-state index in [0.29, 0.717) is 6.54 Å². The van der Waals surface area contributed by atoms with Crippen LogP contribution < -0.4 is 5.32 Å². The molecule has 2 atom stereocenters. The molecule has 0 spiro atoms. The Balaban J connectivity index is 3.86. The molecule has 0 fully saturated rings. The number of hydrogen-bond donors (Lipinski definition) is 1. The Labute approximate surface area is 96.2 Å². The van der Waals surface area contributed by atoms with Gasteiger partial charge in [0.2, 0.25) is 0 Å². The molecular weight excluding hydrogens is 217 g/mol. The molecule has 0 aliphatic heterocycles.